The Morgan fingerprint density at radius 2 is 1.75 bits per heavy atom. The Balaban J connectivity index is 1.62. The maximum Gasteiger partial charge on any atom is 0.265 e. The van der Waals surface area contributed by atoms with Gasteiger partial charge in [-0.2, -0.15) is 0 Å². The van der Waals surface area contributed by atoms with Crippen LogP contribution in [0.25, 0.3) is 0 Å². The second-order valence-electron chi connectivity index (χ2n) is 7.77. The highest BCUT2D eigenvalue weighted by molar-refractivity contribution is 5.83. The van der Waals surface area contributed by atoms with Crippen LogP contribution in [0.4, 0.5) is 5.69 Å². The fraction of sp³-hybridized carbons (Fsp3) is 0.435. The molecule has 1 fully saturated rings. The number of carbonyl (C=O) groups excluding carboxylic acids is 1. The van der Waals surface area contributed by atoms with Crippen molar-refractivity contribution in [1.82, 2.24) is 4.90 Å². The summed E-state index contributed by atoms with van der Waals surface area (Å²) in [4.78, 5) is 17.2. The first-order chi connectivity index (χ1) is 13.5. The van der Waals surface area contributed by atoms with Gasteiger partial charge in [-0.25, -0.2) is 0 Å². The highest BCUT2D eigenvalue weighted by Crippen LogP contribution is 2.35. The van der Waals surface area contributed by atoms with E-state index >= 15 is 0 Å². The second-order valence-corrected chi connectivity index (χ2v) is 7.77. The minimum Gasteiger partial charge on any atom is -0.477 e. The third kappa shape index (κ3) is 3.72. The van der Waals surface area contributed by atoms with Gasteiger partial charge in [-0.1, -0.05) is 29.8 Å². The van der Waals surface area contributed by atoms with Gasteiger partial charge in [-0.05, 0) is 49.6 Å². The van der Waals surface area contributed by atoms with E-state index in [4.69, 9.17) is 9.47 Å². The molecule has 5 heteroatoms. The van der Waals surface area contributed by atoms with Gasteiger partial charge >= 0.3 is 0 Å². The molecule has 2 aromatic rings. The van der Waals surface area contributed by atoms with Crippen LogP contribution in [0.1, 0.15) is 22.3 Å². The van der Waals surface area contributed by atoms with E-state index in [1.54, 1.807) is 0 Å². The maximum atomic E-state index is 13.1. The molecule has 0 aliphatic carbocycles. The topological polar surface area (TPSA) is 42.0 Å². The minimum atomic E-state index is -0.487. The molecule has 148 valence electrons. The smallest absolute Gasteiger partial charge is 0.265 e. The molecule has 5 nitrogen and oxygen atoms in total. The van der Waals surface area contributed by atoms with Crippen molar-refractivity contribution in [2.75, 3.05) is 37.7 Å². The van der Waals surface area contributed by atoms with E-state index in [0.29, 0.717) is 32.8 Å². The summed E-state index contributed by atoms with van der Waals surface area (Å²) in [6, 6.07) is 12.5. The molecule has 2 aliphatic heterocycles. The first-order valence-corrected chi connectivity index (χ1v) is 9.97. The van der Waals surface area contributed by atoms with E-state index in [2.05, 4.69) is 43.9 Å². The predicted octanol–water partition coefficient (Wildman–Crippen LogP) is 3.24. The van der Waals surface area contributed by atoms with Gasteiger partial charge in [0.15, 0.2) is 6.10 Å². The first-order valence-electron chi connectivity index (χ1n) is 9.97. The number of anilines is 1. The number of fused-ring (bicyclic) bond motifs is 1. The number of nitrogens with zero attached hydrogens (tertiary/aromatic N) is 2. The standard InChI is InChI=1S/C23H28N2O3/c1-16-12-17(2)19(18(3)13-16)14-25-15-22(23(26)24-8-10-27-11-9-24)28-21-7-5-4-6-20(21)25/h4-7,12-13,22H,8-11,14-15H2,1-3H3. The van der Waals surface area contributed by atoms with Crippen LogP contribution < -0.4 is 9.64 Å². The largest absolute Gasteiger partial charge is 0.477 e. The molecule has 1 atom stereocenters. The van der Waals surface area contributed by atoms with Crippen LogP contribution in [-0.4, -0.2) is 49.8 Å². The molecule has 1 saturated heterocycles. The van der Waals surface area contributed by atoms with Crippen LogP contribution in [0.2, 0.25) is 0 Å². The summed E-state index contributed by atoms with van der Waals surface area (Å²) in [6.07, 6.45) is -0.487. The van der Waals surface area contributed by atoms with Crippen LogP contribution >= 0.6 is 0 Å². The summed E-state index contributed by atoms with van der Waals surface area (Å²) in [5.41, 5.74) is 6.23. The molecule has 0 radical (unpaired) electrons. The molecule has 2 heterocycles. The molecular formula is C23H28N2O3. The zero-order valence-electron chi connectivity index (χ0n) is 16.9. The van der Waals surface area contributed by atoms with Crippen LogP contribution in [0.5, 0.6) is 5.75 Å². The number of amides is 1. The number of hydrogen-bond donors (Lipinski definition) is 0. The maximum absolute atomic E-state index is 13.1. The number of morpholine rings is 1. The van der Waals surface area contributed by atoms with Crippen molar-refractivity contribution in [1.29, 1.82) is 0 Å². The average molecular weight is 380 g/mol. The molecule has 4 rings (SSSR count). The fourth-order valence-corrected chi connectivity index (χ4v) is 4.22. The van der Waals surface area contributed by atoms with E-state index < -0.39 is 6.10 Å². The zero-order chi connectivity index (χ0) is 19.7. The summed E-state index contributed by atoms with van der Waals surface area (Å²) >= 11 is 0. The molecule has 1 unspecified atom stereocenters. The number of rotatable bonds is 3. The second kappa shape index (κ2) is 7.84. The van der Waals surface area contributed by atoms with Crippen molar-refractivity contribution in [2.24, 2.45) is 0 Å². The summed E-state index contributed by atoms with van der Waals surface area (Å²) < 4.78 is 11.5. The van der Waals surface area contributed by atoms with Gasteiger partial charge in [0.1, 0.15) is 5.75 Å². The lowest BCUT2D eigenvalue weighted by molar-refractivity contribution is -0.142. The lowest BCUT2D eigenvalue weighted by Crippen LogP contribution is -2.52. The van der Waals surface area contributed by atoms with Gasteiger partial charge < -0.3 is 19.3 Å². The van der Waals surface area contributed by atoms with E-state index in [9.17, 15) is 4.79 Å². The molecule has 0 saturated carbocycles. The first kappa shape index (κ1) is 18.8. The Labute approximate surface area is 166 Å². The zero-order valence-corrected chi connectivity index (χ0v) is 16.9. The Morgan fingerprint density at radius 1 is 1.07 bits per heavy atom. The summed E-state index contributed by atoms with van der Waals surface area (Å²) in [6.45, 7) is 10.3. The van der Waals surface area contributed by atoms with Crippen LogP contribution in [-0.2, 0) is 16.1 Å². The lowest BCUT2D eigenvalue weighted by Gasteiger charge is -2.38. The number of para-hydroxylation sites is 2. The normalized spacial score (nSPS) is 19.2. The van der Waals surface area contributed by atoms with Crippen molar-refractivity contribution in [2.45, 2.75) is 33.4 Å². The quantitative estimate of drug-likeness (QED) is 0.820. The molecular weight excluding hydrogens is 352 g/mol. The average Bonchev–Trinajstić information content (AvgIpc) is 2.70. The summed E-state index contributed by atoms with van der Waals surface area (Å²) in [7, 11) is 0. The van der Waals surface area contributed by atoms with Gasteiger partial charge in [0.2, 0.25) is 0 Å². The van der Waals surface area contributed by atoms with Crippen molar-refractivity contribution >= 4 is 11.6 Å². The van der Waals surface area contributed by atoms with Gasteiger partial charge in [0, 0.05) is 19.6 Å². The van der Waals surface area contributed by atoms with Gasteiger partial charge in [0.05, 0.1) is 25.4 Å². The van der Waals surface area contributed by atoms with Crippen molar-refractivity contribution < 1.29 is 14.3 Å². The van der Waals surface area contributed by atoms with Gasteiger partial charge in [-0.15, -0.1) is 0 Å². The Hall–Kier alpha value is -2.53. The number of aryl methyl sites for hydroxylation is 3. The van der Waals surface area contributed by atoms with Crippen molar-refractivity contribution in [3.63, 3.8) is 0 Å². The number of ether oxygens (including phenoxy) is 2. The number of hydrogen-bond acceptors (Lipinski definition) is 4. The monoisotopic (exact) mass is 380 g/mol. The molecule has 0 aromatic heterocycles. The van der Waals surface area contributed by atoms with E-state index in [0.717, 1.165) is 18.0 Å². The lowest BCUT2D eigenvalue weighted by atomic mass is 9.98. The minimum absolute atomic E-state index is 0.0557. The van der Waals surface area contributed by atoms with E-state index in [1.807, 2.05) is 23.1 Å². The van der Waals surface area contributed by atoms with Crippen molar-refractivity contribution in [3.8, 4) is 5.75 Å². The van der Waals surface area contributed by atoms with Gasteiger partial charge in [-0.3, -0.25) is 4.79 Å². The SMILES string of the molecule is Cc1cc(C)c(CN2CC(C(=O)N3CCOCC3)Oc3ccccc32)c(C)c1. The molecule has 1 amide bonds. The van der Waals surface area contributed by atoms with E-state index in [1.165, 1.54) is 22.3 Å². The van der Waals surface area contributed by atoms with E-state index in [-0.39, 0.29) is 5.91 Å². The molecule has 0 bridgehead atoms. The Bertz CT molecular complexity index is 851. The third-order valence-electron chi connectivity index (χ3n) is 5.65. The van der Waals surface area contributed by atoms with Crippen LogP contribution in [0, 0.1) is 20.8 Å². The summed E-state index contributed by atoms with van der Waals surface area (Å²) in [5.74, 6) is 0.836. The molecule has 28 heavy (non-hydrogen) atoms. The number of carbonyl (C=O) groups is 1. The highest BCUT2D eigenvalue weighted by atomic mass is 16.5. The molecule has 0 spiro atoms. The third-order valence-corrected chi connectivity index (χ3v) is 5.65. The summed E-state index contributed by atoms with van der Waals surface area (Å²) in [5, 5.41) is 0. The highest BCUT2D eigenvalue weighted by Gasteiger charge is 2.34. The number of benzene rings is 2. The fourth-order valence-electron chi connectivity index (χ4n) is 4.22. The molecule has 2 aliphatic rings. The van der Waals surface area contributed by atoms with Gasteiger partial charge in [0.25, 0.3) is 5.91 Å². The Kier molecular flexibility index (Phi) is 5.27. The Morgan fingerprint density at radius 3 is 2.46 bits per heavy atom. The van der Waals surface area contributed by atoms with Crippen LogP contribution in [0.15, 0.2) is 36.4 Å². The molecule has 0 N–H and O–H groups in total. The van der Waals surface area contributed by atoms with Crippen LogP contribution in [0.3, 0.4) is 0 Å². The predicted molar refractivity (Wildman–Crippen MR) is 110 cm³/mol. The molecule has 2 aromatic carbocycles. The van der Waals surface area contributed by atoms with Crippen molar-refractivity contribution in [3.05, 3.63) is 58.7 Å².